The third kappa shape index (κ3) is 2.32. The lowest BCUT2D eigenvalue weighted by Gasteiger charge is -2.09. The van der Waals surface area contributed by atoms with Crippen molar-refractivity contribution in [2.45, 2.75) is 17.9 Å². The molecule has 1 aliphatic heterocycles. The summed E-state index contributed by atoms with van der Waals surface area (Å²) in [4.78, 5) is 22.5. The predicted octanol–water partition coefficient (Wildman–Crippen LogP) is 0.743. The topological polar surface area (TPSA) is 92.3 Å². The fourth-order valence-corrected chi connectivity index (χ4v) is 2.52. The fraction of sp³-hybridized carbons (Fsp3) is 0.200. The first-order valence-corrected chi connectivity index (χ1v) is 7.26. The van der Waals surface area contributed by atoms with Gasteiger partial charge in [-0.2, -0.15) is 0 Å². The molecule has 0 saturated heterocycles. The van der Waals surface area contributed by atoms with Gasteiger partial charge in [0.15, 0.2) is 0 Å². The van der Waals surface area contributed by atoms with Crippen LogP contribution in [0.4, 0.5) is 5.69 Å². The molecule has 1 aliphatic rings. The molecule has 0 aliphatic carbocycles. The van der Waals surface area contributed by atoms with Crippen LogP contribution >= 0.6 is 10.7 Å². The predicted molar refractivity (Wildman–Crippen MR) is 64.7 cm³/mol. The van der Waals surface area contributed by atoms with E-state index in [1.54, 1.807) is 0 Å². The second-order valence-electron chi connectivity index (χ2n) is 3.81. The van der Waals surface area contributed by atoms with Crippen LogP contribution in [0.25, 0.3) is 0 Å². The summed E-state index contributed by atoms with van der Waals surface area (Å²) in [7, 11) is 1.36. The molecule has 18 heavy (non-hydrogen) atoms. The zero-order valence-corrected chi connectivity index (χ0v) is 10.8. The molecule has 1 aromatic rings. The van der Waals surface area contributed by atoms with Crippen molar-refractivity contribution in [3.05, 3.63) is 23.8 Å². The molecule has 0 fully saturated rings. The zero-order valence-electron chi connectivity index (χ0n) is 9.23. The van der Waals surface area contributed by atoms with Crippen LogP contribution in [0.15, 0.2) is 23.1 Å². The highest BCUT2D eigenvalue weighted by Gasteiger charge is 2.32. The number of hydrogen-bond donors (Lipinski definition) is 2. The van der Waals surface area contributed by atoms with Crippen molar-refractivity contribution in [1.82, 2.24) is 5.32 Å². The van der Waals surface area contributed by atoms with Gasteiger partial charge in [0.05, 0.1) is 4.90 Å². The number of nitrogens with one attached hydrogen (secondary N) is 2. The van der Waals surface area contributed by atoms with E-state index in [1.165, 1.54) is 25.1 Å². The Balaban J connectivity index is 2.49. The molecule has 0 radical (unpaired) electrons. The average Bonchev–Trinajstić information content (AvgIpc) is 2.53. The fourth-order valence-electron chi connectivity index (χ4n) is 1.74. The highest BCUT2D eigenvalue weighted by Crippen LogP contribution is 2.33. The van der Waals surface area contributed by atoms with Crippen LogP contribution in [0.5, 0.6) is 0 Å². The van der Waals surface area contributed by atoms with E-state index < -0.39 is 21.0 Å². The second kappa shape index (κ2) is 4.25. The Morgan fingerprint density at radius 1 is 1.44 bits per heavy atom. The molecule has 0 saturated carbocycles. The Bertz CT molecular complexity index is 641. The maximum atomic E-state index is 11.6. The van der Waals surface area contributed by atoms with Crippen molar-refractivity contribution in [3.8, 4) is 0 Å². The van der Waals surface area contributed by atoms with E-state index in [2.05, 4.69) is 10.6 Å². The Kier molecular flexibility index (Phi) is 3.04. The molecule has 2 N–H and O–H groups in total. The van der Waals surface area contributed by atoms with Crippen LogP contribution in [0.2, 0.25) is 0 Å². The lowest BCUT2D eigenvalue weighted by atomic mass is 10.1. The number of halogens is 1. The summed E-state index contributed by atoms with van der Waals surface area (Å²) in [5.74, 6) is -0.800. The third-order valence-electron chi connectivity index (χ3n) is 2.48. The minimum Gasteiger partial charge on any atom is -0.341 e. The SMILES string of the molecule is CC(=O)NC1C(=O)Nc2ccc(S(=O)(=O)Cl)cc21. The summed E-state index contributed by atoms with van der Waals surface area (Å²) in [6.07, 6.45) is 0. The Morgan fingerprint density at radius 3 is 2.67 bits per heavy atom. The molecule has 1 unspecified atom stereocenters. The molecule has 2 rings (SSSR count). The van der Waals surface area contributed by atoms with Gasteiger partial charge in [-0.1, -0.05) is 0 Å². The van der Waals surface area contributed by atoms with Gasteiger partial charge >= 0.3 is 0 Å². The number of carbonyl (C=O) groups is 2. The van der Waals surface area contributed by atoms with E-state index in [0.717, 1.165) is 0 Å². The zero-order chi connectivity index (χ0) is 13.5. The summed E-state index contributed by atoms with van der Waals surface area (Å²) in [6.45, 7) is 1.27. The van der Waals surface area contributed by atoms with Gasteiger partial charge in [0.1, 0.15) is 6.04 Å². The number of fused-ring (bicyclic) bond motifs is 1. The first kappa shape index (κ1) is 12.8. The lowest BCUT2D eigenvalue weighted by molar-refractivity contribution is -0.124. The number of rotatable bonds is 2. The average molecular weight is 289 g/mol. The molecule has 96 valence electrons. The van der Waals surface area contributed by atoms with E-state index >= 15 is 0 Å². The van der Waals surface area contributed by atoms with Crippen LogP contribution in [-0.2, 0) is 18.6 Å². The van der Waals surface area contributed by atoms with Crippen molar-refractivity contribution in [1.29, 1.82) is 0 Å². The van der Waals surface area contributed by atoms with Crippen LogP contribution in [0.1, 0.15) is 18.5 Å². The summed E-state index contributed by atoms with van der Waals surface area (Å²) in [5.41, 5.74) is 0.847. The molecule has 8 heteroatoms. The van der Waals surface area contributed by atoms with E-state index in [0.29, 0.717) is 11.3 Å². The smallest absolute Gasteiger partial charge is 0.261 e. The molecular weight excluding hydrogens is 280 g/mol. The number of anilines is 1. The Morgan fingerprint density at radius 2 is 2.11 bits per heavy atom. The van der Waals surface area contributed by atoms with Crippen LogP contribution in [-0.4, -0.2) is 20.2 Å². The van der Waals surface area contributed by atoms with Crippen molar-refractivity contribution in [2.75, 3.05) is 5.32 Å². The quantitative estimate of drug-likeness (QED) is 0.785. The number of carbonyl (C=O) groups excluding carboxylic acids is 2. The largest absolute Gasteiger partial charge is 0.341 e. The molecule has 6 nitrogen and oxygen atoms in total. The second-order valence-corrected chi connectivity index (χ2v) is 6.38. The van der Waals surface area contributed by atoms with Crippen molar-refractivity contribution in [3.63, 3.8) is 0 Å². The van der Waals surface area contributed by atoms with Gasteiger partial charge < -0.3 is 10.6 Å². The van der Waals surface area contributed by atoms with E-state index in [-0.39, 0.29) is 10.8 Å². The summed E-state index contributed by atoms with van der Waals surface area (Å²) < 4.78 is 22.4. The van der Waals surface area contributed by atoms with Gasteiger partial charge in [0, 0.05) is 28.9 Å². The van der Waals surface area contributed by atoms with Crippen molar-refractivity contribution in [2.24, 2.45) is 0 Å². The van der Waals surface area contributed by atoms with Crippen molar-refractivity contribution >= 4 is 37.2 Å². The summed E-state index contributed by atoms with van der Waals surface area (Å²) in [6, 6.07) is 3.11. The molecule has 1 heterocycles. The number of benzene rings is 1. The van der Waals surface area contributed by atoms with E-state index in [9.17, 15) is 18.0 Å². The molecule has 1 aromatic carbocycles. The van der Waals surface area contributed by atoms with Crippen molar-refractivity contribution < 1.29 is 18.0 Å². The highest BCUT2D eigenvalue weighted by molar-refractivity contribution is 8.13. The van der Waals surface area contributed by atoms with Crippen LogP contribution in [0, 0.1) is 0 Å². The summed E-state index contributed by atoms with van der Waals surface area (Å²) in [5, 5.41) is 4.98. The van der Waals surface area contributed by atoms with Gasteiger partial charge in [-0.05, 0) is 18.2 Å². The molecule has 1 atom stereocenters. The lowest BCUT2D eigenvalue weighted by Crippen LogP contribution is -2.31. The normalized spacial score (nSPS) is 18.1. The maximum absolute atomic E-state index is 11.6. The molecule has 0 bridgehead atoms. The first-order chi connectivity index (χ1) is 8.29. The maximum Gasteiger partial charge on any atom is 0.261 e. The van der Waals surface area contributed by atoms with Gasteiger partial charge in [0.2, 0.25) is 5.91 Å². The molecule has 0 aromatic heterocycles. The highest BCUT2D eigenvalue weighted by atomic mass is 35.7. The first-order valence-electron chi connectivity index (χ1n) is 4.95. The third-order valence-corrected chi connectivity index (χ3v) is 3.83. The Hall–Kier alpha value is -1.60. The molecule has 0 spiro atoms. The minimum absolute atomic E-state index is 0.116. The van der Waals surface area contributed by atoms with Gasteiger partial charge in [0.25, 0.3) is 15.0 Å². The Labute approximate surface area is 108 Å². The van der Waals surface area contributed by atoms with Gasteiger partial charge in [-0.3, -0.25) is 9.59 Å². The molecular formula is C10H9ClN2O4S. The van der Waals surface area contributed by atoms with Gasteiger partial charge in [-0.15, -0.1) is 0 Å². The summed E-state index contributed by atoms with van der Waals surface area (Å²) >= 11 is 0. The molecule has 2 amide bonds. The standard InChI is InChI=1S/C10H9ClN2O4S/c1-5(14)12-9-7-4-6(18(11,16)17)2-3-8(7)13-10(9)15/h2-4,9H,1H3,(H,12,14)(H,13,15). The van der Waals surface area contributed by atoms with Crippen LogP contribution < -0.4 is 10.6 Å². The van der Waals surface area contributed by atoms with Gasteiger partial charge in [-0.25, -0.2) is 8.42 Å². The monoisotopic (exact) mass is 288 g/mol. The number of amides is 2. The number of hydrogen-bond acceptors (Lipinski definition) is 4. The van der Waals surface area contributed by atoms with E-state index in [4.69, 9.17) is 10.7 Å². The van der Waals surface area contributed by atoms with E-state index in [1.807, 2.05) is 0 Å². The minimum atomic E-state index is -3.87. The van der Waals surface area contributed by atoms with Crippen LogP contribution in [0.3, 0.4) is 0 Å².